The summed E-state index contributed by atoms with van der Waals surface area (Å²) in [5.41, 5.74) is 1.24. The summed E-state index contributed by atoms with van der Waals surface area (Å²) in [7, 11) is -2.16. The number of aliphatic hydroxyl groups is 1. The maximum atomic E-state index is 12.2. The van der Waals surface area contributed by atoms with Gasteiger partial charge in [-0.3, -0.25) is 9.71 Å². The van der Waals surface area contributed by atoms with Gasteiger partial charge in [0.2, 0.25) is 0 Å². The number of anilines is 1. The molecule has 0 saturated carbocycles. The highest BCUT2D eigenvalue weighted by atomic mass is 32.2. The number of aliphatic hydroxyl groups excluding tert-OH is 1. The van der Waals surface area contributed by atoms with E-state index in [9.17, 15) is 13.5 Å². The largest absolute Gasteiger partial charge is 0.382 e. The third kappa shape index (κ3) is 3.62. The van der Waals surface area contributed by atoms with E-state index in [4.69, 9.17) is 0 Å². The van der Waals surface area contributed by atoms with Crippen LogP contribution in [0.2, 0.25) is 0 Å². The first kappa shape index (κ1) is 16.4. The Labute approximate surface area is 130 Å². The lowest BCUT2D eigenvalue weighted by molar-refractivity contribution is 0.216. The van der Waals surface area contributed by atoms with Crippen LogP contribution >= 0.6 is 0 Å². The number of pyridine rings is 1. The van der Waals surface area contributed by atoms with Crippen LogP contribution in [0.25, 0.3) is 0 Å². The number of aromatic nitrogens is 1. The maximum Gasteiger partial charge on any atom is 0.301 e. The second kappa shape index (κ2) is 6.87. The topological polar surface area (TPSA) is 82.5 Å². The molecule has 0 aliphatic rings. The molecule has 6 nitrogen and oxygen atoms in total. The SMILES string of the molecule is CCN(C)S(=O)(=O)Nc1ccccc1C(O)c1ccccn1. The molecule has 0 fully saturated rings. The number of nitrogens with one attached hydrogen (secondary N) is 1. The molecule has 118 valence electrons. The van der Waals surface area contributed by atoms with E-state index in [0.717, 1.165) is 0 Å². The van der Waals surface area contributed by atoms with E-state index >= 15 is 0 Å². The van der Waals surface area contributed by atoms with Crippen LogP contribution in [-0.2, 0) is 10.2 Å². The quantitative estimate of drug-likeness (QED) is 0.849. The lowest BCUT2D eigenvalue weighted by Gasteiger charge is -2.20. The fourth-order valence-electron chi connectivity index (χ4n) is 1.91. The van der Waals surface area contributed by atoms with Gasteiger partial charge in [-0.05, 0) is 18.2 Å². The molecule has 0 amide bonds. The van der Waals surface area contributed by atoms with Crippen molar-refractivity contribution in [2.24, 2.45) is 0 Å². The summed E-state index contributed by atoms with van der Waals surface area (Å²) in [4.78, 5) is 4.11. The minimum absolute atomic E-state index is 0.334. The van der Waals surface area contributed by atoms with E-state index in [2.05, 4.69) is 9.71 Å². The van der Waals surface area contributed by atoms with Gasteiger partial charge in [-0.15, -0.1) is 0 Å². The third-order valence-electron chi connectivity index (χ3n) is 3.32. The predicted molar refractivity (Wildman–Crippen MR) is 85.6 cm³/mol. The van der Waals surface area contributed by atoms with Crippen molar-refractivity contribution in [1.82, 2.24) is 9.29 Å². The van der Waals surface area contributed by atoms with Crippen molar-refractivity contribution in [2.75, 3.05) is 18.3 Å². The molecular weight excluding hydrogens is 302 g/mol. The minimum atomic E-state index is -3.65. The predicted octanol–water partition coefficient (Wildman–Crippen LogP) is 1.77. The molecule has 7 heteroatoms. The van der Waals surface area contributed by atoms with Gasteiger partial charge in [-0.25, -0.2) is 0 Å². The lowest BCUT2D eigenvalue weighted by atomic mass is 10.0. The van der Waals surface area contributed by atoms with Crippen molar-refractivity contribution < 1.29 is 13.5 Å². The van der Waals surface area contributed by atoms with Crippen molar-refractivity contribution in [3.63, 3.8) is 0 Å². The average Bonchev–Trinajstić information content (AvgIpc) is 2.54. The number of rotatable bonds is 6. The number of benzene rings is 1. The zero-order valence-corrected chi connectivity index (χ0v) is 13.3. The molecular formula is C15H19N3O3S. The first-order chi connectivity index (χ1) is 10.5. The van der Waals surface area contributed by atoms with E-state index in [1.807, 2.05) is 0 Å². The molecule has 2 aromatic rings. The normalized spacial score (nSPS) is 13.1. The van der Waals surface area contributed by atoms with Crippen molar-refractivity contribution in [3.05, 3.63) is 59.9 Å². The highest BCUT2D eigenvalue weighted by Gasteiger charge is 2.21. The maximum absolute atomic E-state index is 12.2. The van der Waals surface area contributed by atoms with Crippen molar-refractivity contribution >= 4 is 15.9 Å². The number of hydrogen-bond acceptors (Lipinski definition) is 4. The summed E-state index contributed by atoms with van der Waals surface area (Å²) in [6.45, 7) is 2.09. The third-order valence-corrected chi connectivity index (χ3v) is 4.87. The molecule has 0 aliphatic carbocycles. The van der Waals surface area contributed by atoms with Crippen LogP contribution in [0.3, 0.4) is 0 Å². The molecule has 1 atom stereocenters. The molecule has 0 spiro atoms. The van der Waals surface area contributed by atoms with Gasteiger partial charge < -0.3 is 5.11 Å². The zero-order valence-electron chi connectivity index (χ0n) is 12.5. The van der Waals surface area contributed by atoms with Crippen LogP contribution in [0, 0.1) is 0 Å². The molecule has 2 rings (SSSR count). The Bertz CT molecular complexity index is 720. The number of para-hydroxylation sites is 1. The van der Waals surface area contributed by atoms with Crippen LogP contribution in [0.5, 0.6) is 0 Å². The van der Waals surface area contributed by atoms with E-state index in [1.165, 1.54) is 11.4 Å². The minimum Gasteiger partial charge on any atom is -0.382 e. The molecule has 0 bridgehead atoms. The fraction of sp³-hybridized carbons (Fsp3) is 0.267. The van der Waals surface area contributed by atoms with Crippen LogP contribution < -0.4 is 4.72 Å². The summed E-state index contributed by atoms with van der Waals surface area (Å²) in [6, 6.07) is 11.9. The Kier molecular flexibility index (Phi) is 5.12. The number of nitrogens with zero attached hydrogens (tertiary/aromatic N) is 2. The molecule has 1 unspecified atom stereocenters. The molecule has 1 heterocycles. The Morgan fingerprint density at radius 2 is 1.91 bits per heavy atom. The average molecular weight is 321 g/mol. The van der Waals surface area contributed by atoms with Gasteiger partial charge in [-0.2, -0.15) is 12.7 Å². The molecule has 0 aliphatic heterocycles. The van der Waals surface area contributed by atoms with Crippen molar-refractivity contribution in [1.29, 1.82) is 0 Å². The molecule has 0 saturated heterocycles. The zero-order chi connectivity index (χ0) is 16.2. The fourth-order valence-corrected chi connectivity index (χ4v) is 2.87. The van der Waals surface area contributed by atoms with Crippen molar-refractivity contribution in [3.8, 4) is 0 Å². The van der Waals surface area contributed by atoms with Crippen LogP contribution in [0.4, 0.5) is 5.69 Å². The molecule has 1 aromatic heterocycles. The summed E-state index contributed by atoms with van der Waals surface area (Å²) < 4.78 is 28.0. The second-order valence-electron chi connectivity index (χ2n) is 4.77. The highest BCUT2D eigenvalue weighted by Crippen LogP contribution is 2.28. The Hall–Kier alpha value is -1.96. The van der Waals surface area contributed by atoms with Crippen molar-refractivity contribution in [2.45, 2.75) is 13.0 Å². The van der Waals surface area contributed by atoms with Gasteiger partial charge in [0.25, 0.3) is 0 Å². The van der Waals surface area contributed by atoms with Gasteiger partial charge in [0.05, 0.1) is 11.4 Å². The van der Waals surface area contributed by atoms with Crippen LogP contribution in [0.15, 0.2) is 48.7 Å². The summed E-state index contributed by atoms with van der Waals surface area (Å²) in [5, 5.41) is 10.5. The van der Waals surface area contributed by atoms with E-state index < -0.39 is 16.3 Å². The van der Waals surface area contributed by atoms with Gasteiger partial charge >= 0.3 is 10.2 Å². The van der Waals surface area contributed by atoms with Crippen LogP contribution in [0.1, 0.15) is 24.3 Å². The summed E-state index contributed by atoms with van der Waals surface area (Å²) in [6.07, 6.45) is 0.572. The van der Waals surface area contributed by atoms with E-state index in [0.29, 0.717) is 23.5 Å². The Morgan fingerprint density at radius 3 is 2.55 bits per heavy atom. The highest BCUT2D eigenvalue weighted by molar-refractivity contribution is 7.90. The monoisotopic (exact) mass is 321 g/mol. The van der Waals surface area contributed by atoms with Gasteiger partial charge in [-0.1, -0.05) is 31.2 Å². The first-order valence-electron chi connectivity index (χ1n) is 6.87. The Balaban J connectivity index is 2.36. The van der Waals surface area contributed by atoms with E-state index in [1.54, 1.807) is 55.6 Å². The Morgan fingerprint density at radius 1 is 1.23 bits per heavy atom. The lowest BCUT2D eigenvalue weighted by Crippen LogP contribution is -2.32. The molecule has 22 heavy (non-hydrogen) atoms. The summed E-state index contributed by atoms with van der Waals surface area (Å²) in [5.74, 6) is 0. The first-order valence-corrected chi connectivity index (χ1v) is 8.31. The van der Waals surface area contributed by atoms with Crippen LogP contribution in [-0.4, -0.2) is 36.4 Å². The van der Waals surface area contributed by atoms with Gasteiger partial charge in [0, 0.05) is 25.4 Å². The standard InChI is InChI=1S/C15H19N3O3S/c1-3-18(2)22(20,21)17-13-9-5-4-8-12(13)15(19)14-10-6-7-11-16-14/h4-11,15,17,19H,3H2,1-2H3. The molecule has 0 radical (unpaired) electrons. The molecule has 1 aromatic carbocycles. The number of hydrogen-bond donors (Lipinski definition) is 2. The summed E-state index contributed by atoms with van der Waals surface area (Å²) >= 11 is 0. The second-order valence-corrected chi connectivity index (χ2v) is 6.54. The van der Waals surface area contributed by atoms with Gasteiger partial charge in [0.15, 0.2) is 0 Å². The molecule has 2 N–H and O–H groups in total. The smallest absolute Gasteiger partial charge is 0.301 e. The van der Waals surface area contributed by atoms with Gasteiger partial charge in [0.1, 0.15) is 6.10 Å². The van der Waals surface area contributed by atoms with E-state index in [-0.39, 0.29) is 0 Å².